The molecule has 7 nitrogen and oxygen atoms in total. The lowest BCUT2D eigenvalue weighted by molar-refractivity contribution is -0.133. The van der Waals surface area contributed by atoms with Crippen molar-refractivity contribution in [3.8, 4) is 0 Å². The van der Waals surface area contributed by atoms with E-state index >= 15 is 0 Å². The van der Waals surface area contributed by atoms with Crippen LogP contribution >= 0.6 is 0 Å². The predicted molar refractivity (Wildman–Crippen MR) is 64.1 cm³/mol. The van der Waals surface area contributed by atoms with E-state index < -0.39 is 16.3 Å². The molecule has 0 aliphatic carbocycles. The van der Waals surface area contributed by atoms with Crippen LogP contribution in [0.2, 0.25) is 0 Å². The molecule has 1 rings (SSSR count). The zero-order valence-electron chi connectivity index (χ0n) is 10.0. The van der Waals surface area contributed by atoms with E-state index in [0.717, 1.165) is 6.42 Å². The summed E-state index contributed by atoms with van der Waals surface area (Å²) in [6.07, 6.45) is 1.50. The molecule has 0 unspecified atom stereocenters. The highest BCUT2D eigenvalue weighted by Gasteiger charge is 2.28. The third-order valence-electron chi connectivity index (χ3n) is 2.83. The molecule has 0 bridgehead atoms. The van der Waals surface area contributed by atoms with Crippen LogP contribution in [0, 0.1) is 0 Å². The number of hydrogen-bond donors (Lipinski definition) is 2. The van der Waals surface area contributed by atoms with Gasteiger partial charge in [-0.15, -0.1) is 0 Å². The van der Waals surface area contributed by atoms with Gasteiger partial charge in [-0.05, 0) is 6.42 Å². The molecular formula is C9H20N4O3S. The highest BCUT2D eigenvalue weighted by molar-refractivity contribution is 7.86. The Morgan fingerprint density at radius 3 is 2.24 bits per heavy atom. The smallest absolute Gasteiger partial charge is 0.277 e. The Kier molecular flexibility index (Phi) is 4.87. The summed E-state index contributed by atoms with van der Waals surface area (Å²) in [6, 6.07) is -0.485. The molecule has 0 aromatic rings. The summed E-state index contributed by atoms with van der Waals surface area (Å²) in [6.45, 7) is 3.15. The van der Waals surface area contributed by atoms with Crippen LogP contribution in [0.15, 0.2) is 0 Å². The monoisotopic (exact) mass is 264 g/mol. The van der Waals surface area contributed by atoms with E-state index in [1.807, 2.05) is 6.92 Å². The minimum Gasteiger partial charge on any atom is -0.339 e. The van der Waals surface area contributed by atoms with Gasteiger partial charge < -0.3 is 10.6 Å². The molecule has 0 aromatic carbocycles. The van der Waals surface area contributed by atoms with E-state index in [1.54, 1.807) is 4.90 Å². The maximum absolute atomic E-state index is 11.8. The van der Waals surface area contributed by atoms with Crippen molar-refractivity contribution in [1.29, 1.82) is 0 Å². The number of piperazine rings is 1. The lowest BCUT2D eigenvalue weighted by Crippen LogP contribution is -2.55. The summed E-state index contributed by atoms with van der Waals surface area (Å²) in [7, 11) is -3.64. The Labute approximate surface area is 102 Å². The van der Waals surface area contributed by atoms with Crippen LogP contribution in [0.4, 0.5) is 0 Å². The highest BCUT2D eigenvalue weighted by Crippen LogP contribution is 2.07. The first-order chi connectivity index (χ1) is 7.86. The van der Waals surface area contributed by atoms with E-state index in [-0.39, 0.29) is 19.0 Å². The van der Waals surface area contributed by atoms with E-state index in [4.69, 9.17) is 10.9 Å². The molecule has 1 saturated heterocycles. The first-order valence-corrected chi connectivity index (χ1v) is 7.18. The topological polar surface area (TPSA) is 110 Å². The fourth-order valence-electron chi connectivity index (χ4n) is 1.83. The fraction of sp³-hybridized carbons (Fsp3) is 0.889. The fourth-order valence-corrected chi connectivity index (χ4v) is 2.50. The number of carbonyl (C=O) groups excluding carboxylic acids is 1. The van der Waals surface area contributed by atoms with Crippen LogP contribution in [-0.2, 0) is 15.0 Å². The molecule has 1 heterocycles. The van der Waals surface area contributed by atoms with Gasteiger partial charge in [0.1, 0.15) is 0 Å². The van der Waals surface area contributed by atoms with Crippen molar-refractivity contribution >= 4 is 16.1 Å². The first kappa shape index (κ1) is 14.4. The second-order valence-corrected chi connectivity index (χ2v) is 5.71. The zero-order valence-corrected chi connectivity index (χ0v) is 10.8. The summed E-state index contributed by atoms with van der Waals surface area (Å²) in [5.74, 6) is -0.110. The summed E-state index contributed by atoms with van der Waals surface area (Å²) in [4.78, 5) is 13.4. The van der Waals surface area contributed by atoms with Gasteiger partial charge in [-0.25, -0.2) is 5.14 Å². The molecular weight excluding hydrogens is 244 g/mol. The van der Waals surface area contributed by atoms with Crippen molar-refractivity contribution in [2.45, 2.75) is 25.8 Å². The van der Waals surface area contributed by atoms with Crippen LogP contribution in [0.3, 0.4) is 0 Å². The number of hydrogen-bond acceptors (Lipinski definition) is 4. The maximum Gasteiger partial charge on any atom is 0.277 e. The molecule has 0 spiro atoms. The molecule has 4 N–H and O–H groups in total. The Bertz CT molecular complexity index is 362. The third kappa shape index (κ3) is 3.91. The first-order valence-electron chi connectivity index (χ1n) is 5.68. The number of carbonyl (C=O) groups is 1. The van der Waals surface area contributed by atoms with E-state index in [0.29, 0.717) is 19.5 Å². The van der Waals surface area contributed by atoms with Gasteiger partial charge in [-0.2, -0.15) is 12.7 Å². The molecule has 1 atom stereocenters. The molecule has 0 saturated carbocycles. The highest BCUT2D eigenvalue weighted by atomic mass is 32.2. The lowest BCUT2D eigenvalue weighted by Gasteiger charge is -2.34. The van der Waals surface area contributed by atoms with Gasteiger partial charge in [-0.3, -0.25) is 4.79 Å². The van der Waals surface area contributed by atoms with Gasteiger partial charge >= 0.3 is 0 Å². The van der Waals surface area contributed by atoms with E-state index in [2.05, 4.69) is 0 Å². The molecule has 0 radical (unpaired) electrons. The SMILES string of the molecule is CCC[C@H](N)C(=O)N1CCN(S(N)(=O)=O)CC1. The van der Waals surface area contributed by atoms with Gasteiger partial charge in [-0.1, -0.05) is 13.3 Å². The normalized spacial score (nSPS) is 20.3. The predicted octanol–water partition coefficient (Wildman–Crippen LogP) is -1.54. The van der Waals surface area contributed by atoms with Crippen molar-refractivity contribution in [3.63, 3.8) is 0 Å². The van der Waals surface area contributed by atoms with Gasteiger partial charge in [0.2, 0.25) is 5.91 Å². The van der Waals surface area contributed by atoms with Crippen molar-refractivity contribution in [3.05, 3.63) is 0 Å². The average molecular weight is 264 g/mol. The molecule has 1 fully saturated rings. The van der Waals surface area contributed by atoms with E-state index in [9.17, 15) is 13.2 Å². The van der Waals surface area contributed by atoms with Crippen molar-refractivity contribution < 1.29 is 13.2 Å². The van der Waals surface area contributed by atoms with Gasteiger partial charge in [0.05, 0.1) is 6.04 Å². The van der Waals surface area contributed by atoms with Crippen LogP contribution < -0.4 is 10.9 Å². The quantitative estimate of drug-likeness (QED) is 0.641. The van der Waals surface area contributed by atoms with Crippen LogP contribution in [0.25, 0.3) is 0 Å². The van der Waals surface area contributed by atoms with Crippen molar-refractivity contribution in [2.24, 2.45) is 10.9 Å². The number of rotatable bonds is 4. The van der Waals surface area contributed by atoms with Crippen LogP contribution in [0.1, 0.15) is 19.8 Å². The minimum absolute atomic E-state index is 0.110. The molecule has 1 aliphatic heterocycles. The molecule has 1 aliphatic rings. The van der Waals surface area contributed by atoms with Crippen LogP contribution in [-0.4, -0.2) is 55.8 Å². The number of amides is 1. The van der Waals surface area contributed by atoms with Gasteiger partial charge in [0, 0.05) is 26.2 Å². The summed E-state index contributed by atoms with van der Waals surface area (Å²) in [5, 5.41) is 5.01. The number of nitrogens with two attached hydrogens (primary N) is 2. The second-order valence-electron chi connectivity index (χ2n) is 4.16. The Morgan fingerprint density at radius 2 is 1.82 bits per heavy atom. The Balaban J connectivity index is 2.49. The maximum atomic E-state index is 11.8. The average Bonchev–Trinajstić information content (AvgIpc) is 2.27. The minimum atomic E-state index is -3.64. The molecule has 0 aromatic heterocycles. The molecule has 100 valence electrons. The zero-order chi connectivity index (χ0) is 13.1. The summed E-state index contributed by atoms with van der Waals surface area (Å²) >= 11 is 0. The van der Waals surface area contributed by atoms with Gasteiger partial charge in [0.15, 0.2) is 0 Å². The third-order valence-corrected chi connectivity index (χ3v) is 3.91. The summed E-state index contributed by atoms with van der Waals surface area (Å²) in [5.41, 5.74) is 5.73. The van der Waals surface area contributed by atoms with E-state index in [1.165, 1.54) is 4.31 Å². The standard InChI is InChI=1S/C9H20N4O3S/c1-2-3-8(10)9(14)12-4-6-13(7-5-12)17(11,15)16/h8H,2-7,10H2,1H3,(H2,11,15,16)/t8-/m0/s1. The Hall–Kier alpha value is -0.700. The summed E-state index contributed by atoms with van der Waals surface area (Å²) < 4.78 is 23.3. The lowest BCUT2D eigenvalue weighted by atomic mass is 10.1. The molecule has 8 heteroatoms. The largest absolute Gasteiger partial charge is 0.339 e. The molecule has 1 amide bonds. The second kappa shape index (κ2) is 5.76. The van der Waals surface area contributed by atoms with Crippen molar-refractivity contribution in [2.75, 3.05) is 26.2 Å². The van der Waals surface area contributed by atoms with Crippen molar-refractivity contribution in [1.82, 2.24) is 9.21 Å². The molecule has 17 heavy (non-hydrogen) atoms. The Morgan fingerprint density at radius 1 is 1.29 bits per heavy atom. The number of nitrogens with zero attached hydrogens (tertiary/aromatic N) is 2. The van der Waals surface area contributed by atoms with Gasteiger partial charge in [0.25, 0.3) is 10.2 Å². The van der Waals surface area contributed by atoms with Crippen LogP contribution in [0.5, 0.6) is 0 Å².